The lowest BCUT2D eigenvalue weighted by molar-refractivity contribution is -0.0150. The summed E-state index contributed by atoms with van der Waals surface area (Å²) < 4.78 is 0.974. The molecule has 0 amide bonds. The first kappa shape index (κ1) is 12.0. The van der Waals surface area contributed by atoms with Gasteiger partial charge in [-0.15, -0.1) is 0 Å². The van der Waals surface area contributed by atoms with E-state index in [-0.39, 0.29) is 0 Å². The summed E-state index contributed by atoms with van der Waals surface area (Å²) in [5, 5.41) is 10.5. The van der Waals surface area contributed by atoms with Gasteiger partial charge >= 0.3 is 0 Å². The summed E-state index contributed by atoms with van der Waals surface area (Å²) in [5.74, 6) is 0. The second kappa shape index (κ2) is 4.82. The third kappa shape index (κ3) is 3.03. The van der Waals surface area contributed by atoms with Crippen molar-refractivity contribution in [2.24, 2.45) is 0 Å². The zero-order chi connectivity index (χ0) is 11.6. The van der Waals surface area contributed by atoms with Crippen LogP contribution in [0, 0.1) is 0 Å². The molecule has 0 aromatic carbocycles. The molecule has 4 heteroatoms. The highest BCUT2D eigenvalue weighted by molar-refractivity contribution is 9.10. The van der Waals surface area contributed by atoms with Gasteiger partial charge in [-0.25, -0.2) is 0 Å². The van der Waals surface area contributed by atoms with Crippen LogP contribution in [0.2, 0.25) is 0 Å². The van der Waals surface area contributed by atoms with E-state index in [4.69, 9.17) is 0 Å². The molecule has 1 N–H and O–H groups in total. The van der Waals surface area contributed by atoms with Crippen molar-refractivity contribution >= 4 is 15.9 Å². The Bertz CT molecular complexity index is 362. The normalized spacial score (nSPS) is 20.9. The van der Waals surface area contributed by atoms with Crippen LogP contribution in [-0.2, 0) is 6.42 Å². The summed E-state index contributed by atoms with van der Waals surface area (Å²) in [7, 11) is 2.10. The highest BCUT2D eigenvalue weighted by Gasteiger charge is 2.31. The van der Waals surface area contributed by atoms with Crippen LogP contribution in [-0.4, -0.2) is 40.7 Å². The molecule has 0 bridgehead atoms. The molecule has 2 rings (SSSR count). The monoisotopic (exact) mass is 284 g/mol. The van der Waals surface area contributed by atoms with Crippen molar-refractivity contribution in [3.8, 4) is 0 Å². The maximum Gasteiger partial charge on any atom is 0.0712 e. The van der Waals surface area contributed by atoms with Crippen molar-refractivity contribution in [1.29, 1.82) is 0 Å². The topological polar surface area (TPSA) is 36.4 Å². The average molecular weight is 285 g/mol. The van der Waals surface area contributed by atoms with E-state index in [2.05, 4.69) is 32.9 Å². The fraction of sp³-hybridized carbons (Fsp3) is 0.583. The van der Waals surface area contributed by atoms with E-state index in [0.29, 0.717) is 6.42 Å². The lowest BCUT2D eigenvalue weighted by Crippen LogP contribution is -2.44. The predicted molar refractivity (Wildman–Crippen MR) is 67.3 cm³/mol. The molecule has 1 aliphatic rings. The largest absolute Gasteiger partial charge is 0.389 e. The van der Waals surface area contributed by atoms with Gasteiger partial charge in [0.15, 0.2) is 0 Å². The predicted octanol–water partition coefficient (Wildman–Crippen LogP) is 1.84. The summed E-state index contributed by atoms with van der Waals surface area (Å²) in [6, 6.07) is 2.03. The van der Waals surface area contributed by atoms with Crippen molar-refractivity contribution in [1.82, 2.24) is 9.88 Å². The Hall–Kier alpha value is -0.450. The molecule has 1 aliphatic heterocycles. The minimum atomic E-state index is -0.547. The number of hydrogen-bond acceptors (Lipinski definition) is 3. The lowest BCUT2D eigenvalue weighted by atomic mass is 9.86. The summed E-state index contributed by atoms with van der Waals surface area (Å²) in [5.41, 5.74) is 0.552. The molecule has 1 aromatic rings. The van der Waals surface area contributed by atoms with E-state index in [1.54, 1.807) is 6.20 Å². The van der Waals surface area contributed by atoms with Gasteiger partial charge < -0.3 is 10.0 Å². The lowest BCUT2D eigenvalue weighted by Gasteiger charge is -2.36. The van der Waals surface area contributed by atoms with E-state index in [0.717, 1.165) is 36.0 Å². The molecule has 1 aromatic heterocycles. The van der Waals surface area contributed by atoms with Crippen LogP contribution in [0.3, 0.4) is 0 Å². The third-order valence-corrected chi connectivity index (χ3v) is 3.65. The number of hydrogen-bond donors (Lipinski definition) is 1. The molecular formula is C12H17BrN2O. The molecular weight excluding hydrogens is 268 g/mol. The summed E-state index contributed by atoms with van der Waals surface area (Å²) in [6.45, 7) is 1.94. The van der Waals surface area contributed by atoms with E-state index >= 15 is 0 Å². The minimum Gasteiger partial charge on any atom is -0.389 e. The highest BCUT2D eigenvalue weighted by atomic mass is 79.9. The van der Waals surface area contributed by atoms with Gasteiger partial charge in [-0.05, 0) is 47.4 Å². The van der Waals surface area contributed by atoms with Crippen LogP contribution in [0.4, 0.5) is 0 Å². The van der Waals surface area contributed by atoms with Gasteiger partial charge in [0.2, 0.25) is 0 Å². The van der Waals surface area contributed by atoms with Gasteiger partial charge in [-0.2, -0.15) is 0 Å². The molecule has 0 atom stereocenters. The number of aliphatic hydroxyl groups is 1. The van der Waals surface area contributed by atoms with E-state index in [1.807, 2.05) is 12.3 Å². The Labute approximate surface area is 105 Å². The van der Waals surface area contributed by atoms with Crippen LogP contribution in [0.15, 0.2) is 22.9 Å². The zero-order valence-corrected chi connectivity index (χ0v) is 11.1. The molecule has 0 radical (unpaired) electrons. The Morgan fingerprint density at radius 1 is 1.44 bits per heavy atom. The fourth-order valence-corrected chi connectivity index (χ4v) is 2.56. The van der Waals surface area contributed by atoms with Crippen molar-refractivity contribution in [2.45, 2.75) is 24.9 Å². The first-order valence-electron chi connectivity index (χ1n) is 5.58. The second-order valence-electron chi connectivity index (χ2n) is 4.72. The summed E-state index contributed by atoms with van der Waals surface area (Å²) in [4.78, 5) is 6.38. The van der Waals surface area contributed by atoms with Crippen LogP contribution in [0.5, 0.6) is 0 Å². The van der Waals surface area contributed by atoms with Crippen molar-refractivity contribution in [3.05, 3.63) is 28.5 Å². The summed E-state index contributed by atoms with van der Waals surface area (Å²) in [6.07, 6.45) is 5.99. The molecule has 0 saturated carbocycles. The average Bonchev–Trinajstić information content (AvgIpc) is 2.23. The zero-order valence-electron chi connectivity index (χ0n) is 9.49. The van der Waals surface area contributed by atoms with Crippen molar-refractivity contribution in [3.63, 3.8) is 0 Å². The van der Waals surface area contributed by atoms with Gasteiger partial charge in [0.1, 0.15) is 0 Å². The standard InChI is InChI=1S/C12H17BrN2O/c1-15-4-2-12(16,3-5-15)7-10-6-11(13)9-14-8-10/h6,8-9,16H,2-5,7H2,1H3. The fourth-order valence-electron chi connectivity index (χ4n) is 2.14. The third-order valence-electron chi connectivity index (χ3n) is 3.21. The molecule has 3 nitrogen and oxygen atoms in total. The van der Waals surface area contributed by atoms with E-state index < -0.39 is 5.60 Å². The molecule has 16 heavy (non-hydrogen) atoms. The molecule has 0 aliphatic carbocycles. The quantitative estimate of drug-likeness (QED) is 0.901. The minimum absolute atomic E-state index is 0.547. The Kier molecular flexibility index (Phi) is 3.62. The van der Waals surface area contributed by atoms with Crippen LogP contribution in [0.25, 0.3) is 0 Å². The second-order valence-corrected chi connectivity index (χ2v) is 5.63. The number of rotatable bonds is 2. The summed E-state index contributed by atoms with van der Waals surface area (Å²) >= 11 is 3.40. The first-order valence-corrected chi connectivity index (χ1v) is 6.37. The molecule has 88 valence electrons. The van der Waals surface area contributed by atoms with Gasteiger partial charge in [-0.1, -0.05) is 0 Å². The highest BCUT2D eigenvalue weighted by Crippen LogP contribution is 2.26. The van der Waals surface area contributed by atoms with E-state index in [9.17, 15) is 5.11 Å². The van der Waals surface area contributed by atoms with Gasteiger partial charge in [-0.3, -0.25) is 4.98 Å². The number of pyridine rings is 1. The first-order chi connectivity index (χ1) is 7.57. The number of aromatic nitrogens is 1. The molecule has 1 saturated heterocycles. The molecule has 0 unspecified atom stereocenters. The number of likely N-dealkylation sites (tertiary alicyclic amines) is 1. The molecule has 2 heterocycles. The Morgan fingerprint density at radius 2 is 2.12 bits per heavy atom. The number of piperidine rings is 1. The SMILES string of the molecule is CN1CCC(O)(Cc2cncc(Br)c2)CC1. The van der Waals surface area contributed by atoms with Crippen molar-refractivity contribution in [2.75, 3.05) is 20.1 Å². The van der Waals surface area contributed by atoms with Gasteiger partial charge in [0.25, 0.3) is 0 Å². The smallest absolute Gasteiger partial charge is 0.0712 e. The van der Waals surface area contributed by atoms with E-state index in [1.165, 1.54) is 0 Å². The van der Waals surface area contributed by atoms with Crippen LogP contribution in [0.1, 0.15) is 18.4 Å². The molecule has 0 spiro atoms. The van der Waals surface area contributed by atoms with Gasteiger partial charge in [0, 0.05) is 36.4 Å². The number of halogens is 1. The maximum atomic E-state index is 10.5. The number of nitrogens with zero attached hydrogens (tertiary/aromatic N) is 2. The van der Waals surface area contributed by atoms with Crippen molar-refractivity contribution < 1.29 is 5.11 Å². The Morgan fingerprint density at radius 3 is 2.75 bits per heavy atom. The Balaban J connectivity index is 2.03. The molecule has 1 fully saturated rings. The van der Waals surface area contributed by atoms with Crippen LogP contribution >= 0.6 is 15.9 Å². The van der Waals surface area contributed by atoms with Gasteiger partial charge in [0.05, 0.1) is 5.60 Å². The maximum absolute atomic E-state index is 10.5. The van der Waals surface area contributed by atoms with Crippen LogP contribution < -0.4 is 0 Å².